The van der Waals surface area contributed by atoms with Crippen molar-refractivity contribution in [1.82, 2.24) is 0 Å². The molecule has 0 radical (unpaired) electrons. The third-order valence-corrected chi connectivity index (χ3v) is 2.01. The second-order valence-corrected chi connectivity index (χ2v) is 4.13. The Morgan fingerprint density at radius 2 is 1.62 bits per heavy atom. The van der Waals surface area contributed by atoms with Gasteiger partial charge in [0.05, 0.1) is 6.10 Å². The molecule has 0 saturated heterocycles. The lowest BCUT2D eigenvalue weighted by molar-refractivity contribution is 0.242. The van der Waals surface area contributed by atoms with Crippen LogP contribution in [0.15, 0.2) is 24.3 Å². The molecule has 0 amide bonds. The Balaban J connectivity index is 2.70. The van der Waals surface area contributed by atoms with Crippen LogP contribution in [0, 0.1) is 0 Å². The van der Waals surface area contributed by atoms with E-state index in [4.69, 9.17) is 27.9 Å². The Morgan fingerprint density at radius 3 is 2.00 bits per heavy atom. The van der Waals surface area contributed by atoms with Gasteiger partial charge in [-0.1, -0.05) is 12.1 Å². The fourth-order valence-corrected chi connectivity index (χ4v) is 1.25. The summed E-state index contributed by atoms with van der Waals surface area (Å²) in [6.45, 7) is 3.97. The van der Waals surface area contributed by atoms with E-state index >= 15 is 0 Å². The highest BCUT2D eigenvalue weighted by Crippen LogP contribution is 2.26. The van der Waals surface area contributed by atoms with Gasteiger partial charge in [-0.2, -0.15) is 0 Å². The second kappa shape index (κ2) is 4.73. The van der Waals surface area contributed by atoms with Crippen LogP contribution in [0.25, 0.3) is 0 Å². The molecule has 13 heavy (non-hydrogen) atoms. The van der Waals surface area contributed by atoms with Crippen LogP contribution in [0.3, 0.4) is 0 Å². The lowest BCUT2D eigenvalue weighted by Gasteiger charge is -2.10. The molecule has 0 aliphatic rings. The minimum atomic E-state index is -0.465. The number of alkyl halides is 2. The molecule has 0 bridgehead atoms. The summed E-state index contributed by atoms with van der Waals surface area (Å²) in [6, 6.07) is 7.46. The van der Waals surface area contributed by atoms with E-state index in [1.807, 2.05) is 38.1 Å². The van der Waals surface area contributed by atoms with Crippen LogP contribution >= 0.6 is 23.2 Å². The van der Waals surface area contributed by atoms with Gasteiger partial charge in [0, 0.05) is 0 Å². The van der Waals surface area contributed by atoms with Gasteiger partial charge in [-0.15, -0.1) is 23.2 Å². The minimum Gasteiger partial charge on any atom is -0.491 e. The first-order valence-corrected chi connectivity index (χ1v) is 5.01. The van der Waals surface area contributed by atoms with Crippen LogP contribution in [-0.2, 0) is 0 Å². The maximum Gasteiger partial charge on any atom is 0.132 e. The van der Waals surface area contributed by atoms with Crippen molar-refractivity contribution in [3.63, 3.8) is 0 Å². The quantitative estimate of drug-likeness (QED) is 0.699. The minimum absolute atomic E-state index is 0.189. The zero-order chi connectivity index (χ0) is 9.84. The van der Waals surface area contributed by atoms with E-state index in [2.05, 4.69) is 0 Å². The molecule has 0 heterocycles. The van der Waals surface area contributed by atoms with Crippen LogP contribution in [0.2, 0.25) is 0 Å². The lowest BCUT2D eigenvalue weighted by atomic mass is 10.2. The second-order valence-electron chi connectivity index (χ2n) is 3.04. The van der Waals surface area contributed by atoms with Crippen molar-refractivity contribution in [2.45, 2.75) is 24.8 Å². The topological polar surface area (TPSA) is 9.23 Å². The zero-order valence-electron chi connectivity index (χ0n) is 7.63. The van der Waals surface area contributed by atoms with Gasteiger partial charge in [0.1, 0.15) is 10.6 Å². The Kier molecular flexibility index (Phi) is 3.89. The number of benzene rings is 1. The van der Waals surface area contributed by atoms with Crippen molar-refractivity contribution in [1.29, 1.82) is 0 Å². The Morgan fingerprint density at radius 1 is 1.08 bits per heavy atom. The third-order valence-electron chi connectivity index (χ3n) is 1.50. The highest BCUT2D eigenvalue weighted by molar-refractivity contribution is 6.44. The molecule has 0 N–H and O–H groups in total. The fourth-order valence-electron chi connectivity index (χ4n) is 0.964. The van der Waals surface area contributed by atoms with Crippen LogP contribution in [0.1, 0.15) is 24.2 Å². The van der Waals surface area contributed by atoms with E-state index < -0.39 is 4.84 Å². The average molecular weight is 219 g/mol. The zero-order valence-corrected chi connectivity index (χ0v) is 9.14. The highest BCUT2D eigenvalue weighted by atomic mass is 35.5. The number of halogens is 2. The smallest absolute Gasteiger partial charge is 0.132 e. The molecule has 0 fully saturated rings. The van der Waals surface area contributed by atoms with Gasteiger partial charge in [0.2, 0.25) is 0 Å². The SMILES string of the molecule is CC(C)Oc1ccc(C(Cl)Cl)cc1. The monoisotopic (exact) mass is 218 g/mol. The van der Waals surface area contributed by atoms with E-state index in [0.717, 1.165) is 11.3 Å². The molecular formula is C10H12Cl2O. The van der Waals surface area contributed by atoms with Crippen molar-refractivity contribution in [3.8, 4) is 5.75 Å². The number of hydrogen-bond donors (Lipinski definition) is 0. The summed E-state index contributed by atoms with van der Waals surface area (Å²) < 4.78 is 5.46. The van der Waals surface area contributed by atoms with Gasteiger partial charge in [-0.3, -0.25) is 0 Å². The summed E-state index contributed by atoms with van der Waals surface area (Å²) in [5.41, 5.74) is 0.888. The molecule has 72 valence electrons. The molecule has 0 aliphatic heterocycles. The highest BCUT2D eigenvalue weighted by Gasteiger charge is 2.03. The fraction of sp³-hybridized carbons (Fsp3) is 0.400. The molecule has 3 heteroatoms. The summed E-state index contributed by atoms with van der Waals surface area (Å²) in [4.78, 5) is -0.465. The normalized spacial score (nSPS) is 10.9. The van der Waals surface area contributed by atoms with Crippen molar-refractivity contribution in [3.05, 3.63) is 29.8 Å². The molecule has 0 aliphatic carbocycles. The molecule has 0 saturated carbocycles. The lowest BCUT2D eigenvalue weighted by Crippen LogP contribution is -2.05. The predicted octanol–water partition coefficient (Wildman–Crippen LogP) is 3.95. The molecule has 1 aromatic carbocycles. The first kappa shape index (κ1) is 10.7. The maximum atomic E-state index is 5.69. The molecule has 0 atom stereocenters. The van der Waals surface area contributed by atoms with Crippen molar-refractivity contribution in [2.24, 2.45) is 0 Å². The van der Waals surface area contributed by atoms with Gasteiger partial charge < -0.3 is 4.74 Å². The maximum absolute atomic E-state index is 5.69. The molecule has 0 aromatic heterocycles. The van der Waals surface area contributed by atoms with E-state index in [9.17, 15) is 0 Å². The van der Waals surface area contributed by atoms with E-state index in [0.29, 0.717) is 0 Å². The standard InChI is InChI=1S/C10H12Cl2O/c1-7(2)13-9-5-3-8(4-6-9)10(11)12/h3-7,10H,1-2H3. The molecule has 0 spiro atoms. The summed E-state index contributed by atoms with van der Waals surface area (Å²) in [5, 5.41) is 0. The molecule has 1 rings (SSSR count). The average Bonchev–Trinajstić information content (AvgIpc) is 2.04. The van der Waals surface area contributed by atoms with Crippen molar-refractivity contribution < 1.29 is 4.74 Å². The summed E-state index contributed by atoms with van der Waals surface area (Å²) in [7, 11) is 0. The largest absolute Gasteiger partial charge is 0.491 e. The number of hydrogen-bond acceptors (Lipinski definition) is 1. The number of rotatable bonds is 3. The molecule has 1 nitrogen and oxygen atoms in total. The van der Waals surface area contributed by atoms with Crippen LogP contribution in [-0.4, -0.2) is 6.10 Å². The van der Waals surface area contributed by atoms with E-state index in [1.54, 1.807) is 0 Å². The van der Waals surface area contributed by atoms with Gasteiger partial charge in [-0.25, -0.2) is 0 Å². The first-order chi connectivity index (χ1) is 6.09. The molecular weight excluding hydrogens is 207 g/mol. The van der Waals surface area contributed by atoms with Gasteiger partial charge >= 0.3 is 0 Å². The van der Waals surface area contributed by atoms with Gasteiger partial charge in [-0.05, 0) is 31.5 Å². The van der Waals surface area contributed by atoms with Gasteiger partial charge in [0.15, 0.2) is 0 Å². The summed E-state index contributed by atoms with van der Waals surface area (Å²) >= 11 is 11.4. The van der Waals surface area contributed by atoms with Crippen LogP contribution in [0.5, 0.6) is 5.75 Å². The van der Waals surface area contributed by atoms with Crippen LogP contribution < -0.4 is 4.74 Å². The molecule has 0 unspecified atom stereocenters. The van der Waals surface area contributed by atoms with E-state index in [1.165, 1.54) is 0 Å². The Labute approximate surface area is 88.6 Å². The number of ether oxygens (including phenoxy) is 1. The summed E-state index contributed by atoms with van der Waals surface area (Å²) in [6.07, 6.45) is 0.189. The Hall–Kier alpha value is -0.400. The first-order valence-electron chi connectivity index (χ1n) is 4.14. The molecule has 1 aromatic rings. The Bertz CT molecular complexity index is 254. The predicted molar refractivity (Wildman–Crippen MR) is 56.7 cm³/mol. The van der Waals surface area contributed by atoms with E-state index in [-0.39, 0.29) is 6.10 Å². The summed E-state index contributed by atoms with van der Waals surface area (Å²) in [5.74, 6) is 0.840. The van der Waals surface area contributed by atoms with Gasteiger partial charge in [0.25, 0.3) is 0 Å². The van der Waals surface area contributed by atoms with Crippen LogP contribution in [0.4, 0.5) is 0 Å². The van der Waals surface area contributed by atoms with Crippen molar-refractivity contribution >= 4 is 23.2 Å². The third kappa shape index (κ3) is 3.45. The van der Waals surface area contributed by atoms with Crippen molar-refractivity contribution in [2.75, 3.05) is 0 Å².